The van der Waals surface area contributed by atoms with Crippen LogP contribution in [0.2, 0.25) is 5.02 Å². The summed E-state index contributed by atoms with van der Waals surface area (Å²) < 4.78 is 27.2. The highest BCUT2D eigenvalue weighted by Gasteiger charge is 2.28. The Labute approximate surface area is 214 Å². The van der Waals surface area contributed by atoms with Crippen LogP contribution in [0.5, 0.6) is 0 Å². The lowest BCUT2D eigenvalue weighted by Crippen LogP contribution is -2.23. The average molecular weight is 540 g/mol. The summed E-state index contributed by atoms with van der Waals surface area (Å²) in [6.45, 7) is 0. The Morgan fingerprint density at radius 3 is 2.78 bits per heavy atom. The number of aromatic nitrogens is 7. The van der Waals surface area contributed by atoms with E-state index in [2.05, 4.69) is 25.5 Å². The maximum atomic E-state index is 13.3. The molecule has 1 aliphatic rings. The lowest BCUT2D eigenvalue weighted by atomic mass is 10.0. The molecule has 1 atom stereocenters. The van der Waals surface area contributed by atoms with Gasteiger partial charge < -0.3 is 9.55 Å². The minimum atomic E-state index is -3.27. The summed E-state index contributed by atoms with van der Waals surface area (Å²) in [7, 11) is -3.27. The molecule has 0 spiro atoms. The maximum Gasteiger partial charge on any atom is 0.252 e. The van der Waals surface area contributed by atoms with Crippen LogP contribution in [0, 0.1) is 0 Å². The smallest absolute Gasteiger partial charge is 0.252 e. The van der Waals surface area contributed by atoms with Gasteiger partial charge >= 0.3 is 0 Å². The predicted octanol–water partition coefficient (Wildman–Crippen LogP) is 3.54. The highest BCUT2D eigenvalue weighted by molar-refractivity contribution is 7.92. The van der Waals surface area contributed by atoms with E-state index < -0.39 is 9.84 Å². The zero-order valence-electron chi connectivity index (χ0n) is 18.8. The third-order valence-electron chi connectivity index (χ3n) is 6.12. The molecule has 0 fully saturated rings. The quantitative estimate of drug-likeness (QED) is 0.361. The monoisotopic (exact) mass is 539 g/mol. The Balaban J connectivity index is 1.37. The minimum absolute atomic E-state index is 0.152. The van der Waals surface area contributed by atoms with Crippen LogP contribution in [0.25, 0.3) is 27.4 Å². The summed E-state index contributed by atoms with van der Waals surface area (Å²) in [6.07, 6.45) is 5.76. The molecule has 4 aromatic heterocycles. The third kappa shape index (κ3) is 3.96. The van der Waals surface area contributed by atoms with Crippen LogP contribution in [0.1, 0.15) is 24.0 Å². The topological polar surface area (TPSA) is 128 Å². The number of rotatable bonds is 5. The molecule has 0 radical (unpaired) electrons. The molecule has 6 rings (SSSR count). The number of imidazole rings is 1. The first-order chi connectivity index (χ1) is 17.3. The Morgan fingerprint density at radius 2 is 2.03 bits per heavy atom. The Morgan fingerprint density at radius 1 is 1.17 bits per heavy atom. The fourth-order valence-electron chi connectivity index (χ4n) is 4.52. The number of sulfone groups is 1. The molecule has 182 valence electrons. The van der Waals surface area contributed by atoms with Gasteiger partial charge in [0, 0.05) is 28.6 Å². The van der Waals surface area contributed by atoms with Crippen molar-refractivity contribution in [2.24, 2.45) is 0 Å². The fourth-order valence-corrected chi connectivity index (χ4v) is 6.58. The first kappa shape index (κ1) is 22.8. The molecule has 1 aromatic carbocycles. The number of H-pyrrole nitrogens is 1. The number of thiophene rings is 1. The van der Waals surface area contributed by atoms with Crippen LogP contribution >= 0.6 is 22.9 Å². The molecular formula is C23H18ClN7O3S2. The standard InChI is InChI=1S/C23H18ClN7O3S2/c1-36(33,34)22-7-6-20(35-22)17-11-25-23(27-17)19-5-3-15-8-13(9-21(32)31(15)19)16-10-14(24)2-4-18(16)30-12-26-28-29-30/h2,4,6-12,19H,3,5H2,1H3,(H,25,27)/t19-/m0/s1. The Bertz CT molecular complexity index is 1770. The molecule has 0 saturated carbocycles. The number of nitrogens with one attached hydrogen (secondary N) is 1. The van der Waals surface area contributed by atoms with Gasteiger partial charge in [0.1, 0.15) is 16.4 Å². The molecule has 0 amide bonds. The second-order valence-electron chi connectivity index (χ2n) is 8.49. The number of nitrogens with zero attached hydrogens (tertiary/aromatic N) is 6. The second kappa shape index (κ2) is 8.50. The summed E-state index contributed by atoms with van der Waals surface area (Å²) in [6, 6.07) is 12.0. The van der Waals surface area contributed by atoms with Gasteiger partial charge in [-0.2, -0.15) is 4.68 Å². The van der Waals surface area contributed by atoms with E-state index in [0.29, 0.717) is 39.3 Å². The van der Waals surface area contributed by atoms with E-state index >= 15 is 0 Å². The second-order valence-corrected chi connectivity index (χ2v) is 12.2. The van der Waals surface area contributed by atoms with Crippen LogP contribution in [0.15, 0.2) is 64.0 Å². The number of aromatic amines is 1. The highest BCUT2D eigenvalue weighted by atomic mass is 35.5. The maximum absolute atomic E-state index is 13.3. The summed E-state index contributed by atoms with van der Waals surface area (Å²) in [5.41, 5.74) is 3.64. The van der Waals surface area contributed by atoms with E-state index in [9.17, 15) is 13.2 Å². The fraction of sp³-hybridized carbons (Fsp3) is 0.174. The lowest BCUT2D eigenvalue weighted by Gasteiger charge is -2.15. The number of tetrazole rings is 1. The van der Waals surface area contributed by atoms with E-state index in [1.807, 2.05) is 12.1 Å². The highest BCUT2D eigenvalue weighted by Crippen LogP contribution is 2.35. The number of fused-ring (bicyclic) bond motifs is 1. The Kier molecular flexibility index (Phi) is 5.39. The van der Waals surface area contributed by atoms with E-state index in [0.717, 1.165) is 21.7 Å². The van der Waals surface area contributed by atoms with Crippen LogP contribution in [-0.2, 0) is 16.3 Å². The molecule has 13 heteroatoms. The van der Waals surface area contributed by atoms with Gasteiger partial charge in [-0.1, -0.05) is 11.6 Å². The van der Waals surface area contributed by atoms with Crippen molar-refractivity contribution in [3.63, 3.8) is 0 Å². The summed E-state index contributed by atoms with van der Waals surface area (Å²) >= 11 is 7.46. The number of hydrogen-bond acceptors (Lipinski definition) is 8. The molecule has 1 N–H and O–H groups in total. The van der Waals surface area contributed by atoms with Gasteiger partial charge in [-0.25, -0.2) is 13.4 Å². The number of benzene rings is 1. The molecule has 0 bridgehead atoms. The van der Waals surface area contributed by atoms with Crippen molar-refractivity contribution in [1.82, 2.24) is 34.7 Å². The first-order valence-electron chi connectivity index (χ1n) is 10.9. The molecule has 0 aliphatic carbocycles. The molecule has 0 saturated heterocycles. The van der Waals surface area contributed by atoms with Gasteiger partial charge in [-0.15, -0.1) is 16.4 Å². The van der Waals surface area contributed by atoms with Crippen LogP contribution < -0.4 is 5.56 Å². The van der Waals surface area contributed by atoms with Crippen molar-refractivity contribution in [2.75, 3.05) is 6.26 Å². The molecule has 1 aliphatic heterocycles. The number of halogens is 1. The van der Waals surface area contributed by atoms with Gasteiger partial charge in [0.05, 0.1) is 28.5 Å². The van der Waals surface area contributed by atoms with E-state index in [1.165, 1.54) is 28.6 Å². The molecule has 0 unspecified atom stereocenters. The summed E-state index contributed by atoms with van der Waals surface area (Å²) in [5.74, 6) is 0.657. The number of pyridine rings is 1. The SMILES string of the molecule is CS(=O)(=O)c1ccc(-c2cnc([C@@H]3CCc4cc(-c5cc(Cl)ccc5-n5cnnn5)cc(=O)n43)[nH]2)s1. The summed E-state index contributed by atoms with van der Waals surface area (Å²) in [4.78, 5) is 21.9. The summed E-state index contributed by atoms with van der Waals surface area (Å²) in [5, 5.41) is 11.9. The van der Waals surface area contributed by atoms with E-state index in [4.69, 9.17) is 11.6 Å². The minimum Gasteiger partial charge on any atom is -0.340 e. The zero-order chi connectivity index (χ0) is 25.0. The lowest BCUT2D eigenvalue weighted by molar-refractivity contribution is 0.572. The van der Waals surface area contributed by atoms with Crippen LogP contribution in [0.3, 0.4) is 0 Å². The van der Waals surface area contributed by atoms with E-state index in [-0.39, 0.29) is 11.6 Å². The van der Waals surface area contributed by atoms with Crippen molar-refractivity contribution in [3.8, 4) is 27.4 Å². The van der Waals surface area contributed by atoms with Gasteiger partial charge in [-0.3, -0.25) is 4.79 Å². The van der Waals surface area contributed by atoms with Gasteiger partial charge in [0.2, 0.25) is 0 Å². The van der Waals surface area contributed by atoms with Crippen molar-refractivity contribution >= 4 is 32.8 Å². The number of hydrogen-bond donors (Lipinski definition) is 1. The van der Waals surface area contributed by atoms with Crippen molar-refractivity contribution in [2.45, 2.75) is 23.1 Å². The van der Waals surface area contributed by atoms with Gasteiger partial charge in [-0.05, 0) is 65.2 Å². The average Bonchev–Trinajstić information content (AvgIpc) is 3.64. The third-order valence-corrected chi connectivity index (χ3v) is 9.30. The normalized spacial score (nSPS) is 15.3. The molecule has 5 aromatic rings. The van der Waals surface area contributed by atoms with Crippen molar-refractivity contribution in [3.05, 3.63) is 81.9 Å². The molecule has 5 heterocycles. The zero-order valence-corrected chi connectivity index (χ0v) is 21.2. The van der Waals surface area contributed by atoms with Gasteiger partial charge in [0.15, 0.2) is 9.84 Å². The van der Waals surface area contributed by atoms with Crippen molar-refractivity contribution in [1.29, 1.82) is 0 Å². The van der Waals surface area contributed by atoms with Crippen LogP contribution in [-0.4, -0.2) is 49.4 Å². The Hall–Kier alpha value is -3.61. The van der Waals surface area contributed by atoms with Gasteiger partial charge in [0.25, 0.3) is 5.56 Å². The number of aryl methyl sites for hydroxylation is 1. The largest absolute Gasteiger partial charge is 0.340 e. The first-order valence-corrected chi connectivity index (χ1v) is 14.0. The predicted molar refractivity (Wildman–Crippen MR) is 135 cm³/mol. The van der Waals surface area contributed by atoms with Crippen LogP contribution in [0.4, 0.5) is 0 Å². The van der Waals surface area contributed by atoms with E-state index in [1.54, 1.807) is 41.1 Å². The van der Waals surface area contributed by atoms with Crippen molar-refractivity contribution < 1.29 is 8.42 Å². The molecule has 36 heavy (non-hydrogen) atoms. The molecular weight excluding hydrogens is 522 g/mol. The molecule has 10 nitrogen and oxygen atoms in total.